The van der Waals surface area contributed by atoms with Gasteiger partial charge < -0.3 is 5.32 Å². The average molecular weight is 261 g/mol. The molecule has 0 aromatic heterocycles. The molecule has 0 saturated carbocycles. The topological polar surface area (TPSA) is 12.0 Å². The number of benzene rings is 1. The van der Waals surface area contributed by atoms with Crippen molar-refractivity contribution in [2.24, 2.45) is 0 Å². The van der Waals surface area contributed by atoms with Crippen LogP contribution < -0.4 is 5.32 Å². The minimum atomic E-state index is 0. The van der Waals surface area contributed by atoms with Gasteiger partial charge in [-0.05, 0) is 28.7 Å². The van der Waals surface area contributed by atoms with Gasteiger partial charge in [-0.1, -0.05) is 24.8 Å². The maximum Gasteiger partial charge on any atom is 0.0421 e. The van der Waals surface area contributed by atoms with Crippen molar-refractivity contribution in [2.75, 3.05) is 12.4 Å². The van der Waals surface area contributed by atoms with E-state index in [4.69, 9.17) is 0 Å². The summed E-state index contributed by atoms with van der Waals surface area (Å²) < 4.78 is 1.06. The highest BCUT2D eigenvalue weighted by Gasteiger charge is 1.98. The highest BCUT2D eigenvalue weighted by Crippen LogP contribution is 2.26. The molecule has 0 bridgehead atoms. The minimum Gasteiger partial charge on any atom is -0.388 e. The lowest BCUT2D eigenvalue weighted by Crippen LogP contribution is -1.91. The van der Waals surface area contributed by atoms with Gasteiger partial charge in [0.15, 0.2) is 0 Å². The molecule has 0 aliphatic carbocycles. The lowest BCUT2D eigenvalue weighted by atomic mass is 10.2. The van der Waals surface area contributed by atoms with Crippen molar-refractivity contribution in [3.63, 3.8) is 0 Å². The van der Waals surface area contributed by atoms with Crippen LogP contribution in [0.1, 0.15) is 6.99 Å². The molecule has 1 N–H and O–H groups in total. The van der Waals surface area contributed by atoms with Gasteiger partial charge in [-0.25, -0.2) is 0 Å². The second-order valence-corrected chi connectivity index (χ2v) is 3.50. The zero-order valence-corrected chi connectivity index (χ0v) is 8.55. The Balaban J connectivity index is 0.00000121. The van der Waals surface area contributed by atoms with Crippen molar-refractivity contribution in [1.82, 2.24) is 0 Å². The summed E-state index contributed by atoms with van der Waals surface area (Å²) in [7, 11) is 1.92. The first kappa shape index (κ1) is 8.59. The molecule has 1 nitrogen and oxygen atoms in total. The van der Waals surface area contributed by atoms with Gasteiger partial charge in [0.2, 0.25) is 0 Å². The Hall–Kier alpha value is -0.510. The monoisotopic (exact) mass is 261 g/mol. The Labute approximate surface area is 82.1 Å². The smallest absolute Gasteiger partial charge is 0.0421 e. The molecule has 0 atom stereocenters. The lowest BCUT2D eigenvalue weighted by molar-refractivity contribution is 1.49. The predicted octanol–water partition coefficient (Wildman–Crippen LogP) is 3.38. The van der Waals surface area contributed by atoms with E-state index in [1.54, 1.807) is 0 Å². The van der Waals surface area contributed by atoms with Crippen LogP contribution in [-0.4, -0.2) is 7.05 Å². The fraction of sp³-hybridized carbons (Fsp3) is 0.111. The van der Waals surface area contributed by atoms with Gasteiger partial charge in [0.25, 0.3) is 0 Å². The predicted molar refractivity (Wildman–Crippen MR) is 61.2 cm³/mol. The van der Waals surface area contributed by atoms with Crippen LogP contribution in [0.25, 0.3) is 3.58 Å². The summed E-state index contributed by atoms with van der Waals surface area (Å²) >= 11 is 2.22. The van der Waals surface area contributed by atoms with E-state index in [2.05, 4.69) is 40.6 Å². The molecular weight excluding hydrogens is 249 g/mol. The molecule has 0 amide bonds. The molecule has 1 aromatic carbocycles. The third-order valence-corrected chi connectivity index (χ3v) is 2.07. The van der Waals surface area contributed by atoms with Crippen LogP contribution >= 0.6 is 22.6 Å². The van der Waals surface area contributed by atoms with Crippen LogP contribution in [-0.2, 0) is 0 Å². The Morgan fingerprint density at radius 3 is 2.64 bits per heavy atom. The second-order valence-electron chi connectivity index (χ2n) is 2.20. The standard InChI is InChI=1S/C9H10IN.H2/c1-7(10)8-5-3-4-6-9(8)11-2;/h3-6,11H,1H2,2H3;1H. The van der Waals surface area contributed by atoms with Crippen LogP contribution in [0.3, 0.4) is 0 Å². The van der Waals surface area contributed by atoms with Gasteiger partial charge in [0, 0.05) is 23.3 Å². The summed E-state index contributed by atoms with van der Waals surface area (Å²) in [5, 5.41) is 3.11. The van der Waals surface area contributed by atoms with E-state index >= 15 is 0 Å². The zero-order valence-electron chi connectivity index (χ0n) is 6.39. The molecule has 1 rings (SSSR count). The quantitative estimate of drug-likeness (QED) is 0.805. The molecule has 60 valence electrons. The van der Waals surface area contributed by atoms with E-state index in [0.717, 1.165) is 9.27 Å². The van der Waals surface area contributed by atoms with Crippen molar-refractivity contribution in [3.05, 3.63) is 36.4 Å². The fourth-order valence-corrected chi connectivity index (χ4v) is 1.41. The zero-order chi connectivity index (χ0) is 8.27. The van der Waals surface area contributed by atoms with Crippen LogP contribution in [0.15, 0.2) is 30.8 Å². The number of halogens is 1. The van der Waals surface area contributed by atoms with Gasteiger partial charge >= 0.3 is 0 Å². The first-order valence-corrected chi connectivity index (χ1v) is 4.45. The summed E-state index contributed by atoms with van der Waals surface area (Å²) in [5.41, 5.74) is 2.31. The number of nitrogens with one attached hydrogen (secondary N) is 1. The van der Waals surface area contributed by atoms with E-state index in [-0.39, 0.29) is 1.43 Å². The van der Waals surface area contributed by atoms with Crippen LogP contribution in [0.4, 0.5) is 5.69 Å². The molecule has 1 aromatic rings. The van der Waals surface area contributed by atoms with Gasteiger partial charge in [-0.15, -0.1) is 0 Å². The minimum absolute atomic E-state index is 0. The number of hydrogen-bond acceptors (Lipinski definition) is 1. The summed E-state index contributed by atoms with van der Waals surface area (Å²) in [5.74, 6) is 0. The summed E-state index contributed by atoms with van der Waals surface area (Å²) in [6, 6.07) is 8.12. The number of anilines is 1. The summed E-state index contributed by atoms with van der Waals surface area (Å²) in [6.07, 6.45) is 0. The Morgan fingerprint density at radius 2 is 2.18 bits per heavy atom. The van der Waals surface area contributed by atoms with Crippen LogP contribution in [0.5, 0.6) is 0 Å². The second kappa shape index (κ2) is 3.76. The van der Waals surface area contributed by atoms with Crippen LogP contribution in [0.2, 0.25) is 0 Å². The first-order valence-electron chi connectivity index (χ1n) is 3.37. The van der Waals surface area contributed by atoms with Crippen molar-refractivity contribution < 1.29 is 1.43 Å². The normalized spacial score (nSPS) is 9.27. The van der Waals surface area contributed by atoms with E-state index in [9.17, 15) is 0 Å². The first-order chi connectivity index (χ1) is 5.25. The van der Waals surface area contributed by atoms with E-state index in [1.165, 1.54) is 5.56 Å². The lowest BCUT2D eigenvalue weighted by Gasteiger charge is -2.05. The molecular formula is C9H12IN. The van der Waals surface area contributed by atoms with E-state index in [0.29, 0.717) is 0 Å². The molecule has 0 aliphatic rings. The molecule has 11 heavy (non-hydrogen) atoms. The van der Waals surface area contributed by atoms with E-state index < -0.39 is 0 Å². The van der Waals surface area contributed by atoms with Gasteiger partial charge in [0.1, 0.15) is 0 Å². The molecule has 2 heteroatoms. The summed E-state index contributed by atoms with van der Waals surface area (Å²) in [4.78, 5) is 0. The molecule has 0 radical (unpaired) electrons. The highest BCUT2D eigenvalue weighted by atomic mass is 127. The third kappa shape index (κ3) is 1.96. The highest BCUT2D eigenvalue weighted by molar-refractivity contribution is 14.1. The summed E-state index contributed by atoms with van der Waals surface area (Å²) in [6.45, 7) is 3.88. The van der Waals surface area contributed by atoms with Crippen molar-refractivity contribution in [1.29, 1.82) is 0 Å². The van der Waals surface area contributed by atoms with Crippen LogP contribution in [0, 0.1) is 0 Å². The molecule has 0 spiro atoms. The maximum atomic E-state index is 3.88. The van der Waals surface area contributed by atoms with Gasteiger partial charge in [0.05, 0.1) is 0 Å². The molecule has 0 saturated heterocycles. The van der Waals surface area contributed by atoms with Crippen molar-refractivity contribution in [2.45, 2.75) is 0 Å². The average Bonchev–Trinajstić information content (AvgIpc) is 2.04. The SMILES string of the molecule is C=C(I)c1ccccc1NC.[HH]. The van der Waals surface area contributed by atoms with Crippen molar-refractivity contribution in [3.8, 4) is 0 Å². The number of rotatable bonds is 2. The Morgan fingerprint density at radius 1 is 1.55 bits per heavy atom. The molecule has 0 unspecified atom stereocenters. The largest absolute Gasteiger partial charge is 0.388 e. The molecule has 0 fully saturated rings. The number of para-hydroxylation sites is 1. The molecule has 0 heterocycles. The maximum absolute atomic E-state index is 3.88. The van der Waals surface area contributed by atoms with Gasteiger partial charge in [-0.3, -0.25) is 0 Å². The van der Waals surface area contributed by atoms with E-state index in [1.807, 2.05) is 25.2 Å². The number of hydrogen-bond donors (Lipinski definition) is 1. The fourth-order valence-electron chi connectivity index (χ4n) is 0.938. The van der Waals surface area contributed by atoms with Gasteiger partial charge in [-0.2, -0.15) is 0 Å². The Bertz CT molecular complexity index is 273. The Kier molecular flexibility index (Phi) is 2.93. The van der Waals surface area contributed by atoms with Crippen molar-refractivity contribution >= 4 is 31.9 Å². The third-order valence-electron chi connectivity index (χ3n) is 1.49. The molecule has 0 aliphatic heterocycles.